The summed E-state index contributed by atoms with van der Waals surface area (Å²) < 4.78 is 4.97. The molecule has 14 heavy (non-hydrogen) atoms. The molecule has 82 valence electrons. The van der Waals surface area contributed by atoms with E-state index in [2.05, 4.69) is 0 Å². The van der Waals surface area contributed by atoms with Crippen molar-refractivity contribution >= 4 is 0 Å². The summed E-state index contributed by atoms with van der Waals surface area (Å²) in [5, 5.41) is 8.78. The van der Waals surface area contributed by atoms with Crippen LogP contribution in [0.2, 0.25) is 0 Å². The molecule has 0 fully saturated rings. The van der Waals surface area contributed by atoms with Crippen molar-refractivity contribution in [3.63, 3.8) is 0 Å². The standard InChI is InChI=1S/C8H10O2.2C2H6/c1-7(9)10-8-5-3-2-4-6-8;2*1-2/h2-7,9H,1H3;2*1-2H3. The lowest BCUT2D eigenvalue weighted by Crippen LogP contribution is -2.08. The predicted molar refractivity (Wildman–Crippen MR) is 61.4 cm³/mol. The highest BCUT2D eigenvalue weighted by Crippen LogP contribution is 2.08. The maximum Gasteiger partial charge on any atom is 0.194 e. The van der Waals surface area contributed by atoms with Gasteiger partial charge in [-0.2, -0.15) is 0 Å². The first-order valence-electron chi connectivity index (χ1n) is 5.19. The third kappa shape index (κ3) is 9.07. The van der Waals surface area contributed by atoms with Gasteiger partial charge in [-0.3, -0.25) is 0 Å². The van der Waals surface area contributed by atoms with Gasteiger partial charge in [0.25, 0.3) is 0 Å². The number of aliphatic hydroxyl groups excluding tert-OH is 1. The summed E-state index contributed by atoms with van der Waals surface area (Å²) in [6.45, 7) is 9.58. The van der Waals surface area contributed by atoms with Gasteiger partial charge in [0.05, 0.1) is 0 Å². The molecule has 1 aromatic rings. The summed E-state index contributed by atoms with van der Waals surface area (Å²) in [5.41, 5.74) is 0. The van der Waals surface area contributed by atoms with Crippen molar-refractivity contribution < 1.29 is 9.84 Å². The molecule has 0 amide bonds. The van der Waals surface area contributed by atoms with E-state index in [9.17, 15) is 0 Å². The van der Waals surface area contributed by atoms with E-state index in [4.69, 9.17) is 9.84 Å². The van der Waals surface area contributed by atoms with Crippen molar-refractivity contribution in [3.05, 3.63) is 30.3 Å². The summed E-state index contributed by atoms with van der Waals surface area (Å²) in [4.78, 5) is 0. The third-order valence-corrected chi connectivity index (χ3v) is 1.05. The van der Waals surface area contributed by atoms with E-state index in [1.54, 1.807) is 19.1 Å². The topological polar surface area (TPSA) is 29.5 Å². The zero-order chi connectivity index (χ0) is 11.4. The molecule has 2 heteroatoms. The molecular weight excluding hydrogens is 176 g/mol. The largest absolute Gasteiger partial charge is 0.465 e. The Kier molecular flexibility index (Phi) is 13.2. The zero-order valence-electron chi connectivity index (χ0n) is 9.82. The minimum atomic E-state index is -0.734. The Hall–Kier alpha value is -1.02. The second kappa shape index (κ2) is 12.0. The van der Waals surface area contributed by atoms with Gasteiger partial charge >= 0.3 is 0 Å². The smallest absolute Gasteiger partial charge is 0.194 e. The Morgan fingerprint density at radius 1 is 1.00 bits per heavy atom. The van der Waals surface area contributed by atoms with Crippen molar-refractivity contribution in [1.82, 2.24) is 0 Å². The quantitative estimate of drug-likeness (QED) is 0.737. The van der Waals surface area contributed by atoms with Gasteiger partial charge in [-0.05, 0) is 19.1 Å². The summed E-state index contributed by atoms with van der Waals surface area (Å²) in [7, 11) is 0. The lowest BCUT2D eigenvalue weighted by Gasteiger charge is -2.06. The SMILES string of the molecule is CC.CC.CC(O)Oc1ccccc1. The molecule has 0 aliphatic rings. The van der Waals surface area contributed by atoms with Crippen molar-refractivity contribution in [1.29, 1.82) is 0 Å². The van der Waals surface area contributed by atoms with Gasteiger partial charge in [-0.1, -0.05) is 45.9 Å². The average molecular weight is 198 g/mol. The fourth-order valence-corrected chi connectivity index (χ4v) is 0.696. The maximum absolute atomic E-state index is 8.78. The third-order valence-electron chi connectivity index (χ3n) is 1.05. The number of para-hydroxylation sites is 1. The number of hydrogen-bond acceptors (Lipinski definition) is 2. The van der Waals surface area contributed by atoms with Gasteiger partial charge in [0.1, 0.15) is 5.75 Å². The molecular formula is C12H22O2. The monoisotopic (exact) mass is 198 g/mol. The van der Waals surface area contributed by atoms with Crippen LogP contribution in [0, 0.1) is 0 Å². The Morgan fingerprint density at radius 3 is 1.79 bits per heavy atom. The van der Waals surface area contributed by atoms with E-state index < -0.39 is 6.29 Å². The molecule has 1 atom stereocenters. The number of rotatable bonds is 2. The second-order valence-electron chi connectivity index (χ2n) is 2.03. The highest BCUT2D eigenvalue weighted by atomic mass is 16.6. The second-order valence-corrected chi connectivity index (χ2v) is 2.03. The van der Waals surface area contributed by atoms with Crippen molar-refractivity contribution in [3.8, 4) is 5.75 Å². The molecule has 0 aliphatic heterocycles. The lowest BCUT2D eigenvalue weighted by atomic mass is 10.3. The van der Waals surface area contributed by atoms with Crippen LogP contribution in [-0.4, -0.2) is 11.4 Å². The first-order chi connectivity index (χ1) is 6.79. The van der Waals surface area contributed by atoms with Crippen molar-refractivity contribution in [2.45, 2.75) is 40.9 Å². The Morgan fingerprint density at radius 2 is 1.43 bits per heavy atom. The molecule has 1 aromatic carbocycles. The van der Waals surface area contributed by atoms with Crippen LogP contribution in [-0.2, 0) is 0 Å². The Labute approximate surface area is 87.5 Å². The maximum atomic E-state index is 8.78. The first-order valence-corrected chi connectivity index (χ1v) is 5.19. The molecule has 0 radical (unpaired) electrons. The van der Waals surface area contributed by atoms with E-state index in [0.29, 0.717) is 5.75 Å². The molecule has 1 rings (SSSR count). The molecule has 0 spiro atoms. The minimum absolute atomic E-state index is 0.692. The van der Waals surface area contributed by atoms with E-state index in [0.717, 1.165) is 0 Å². The fourth-order valence-electron chi connectivity index (χ4n) is 0.696. The highest BCUT2D eigenvalue weighted by molar-refractivity contribution is 5.20. The van der Waals surface area contributed by atoms with Crippen LogP contribution in [0.15, 0.2) is 30.3 Å². The Balaban J connectivity index is 0. The minimum Gasteiger partial charge on any atom is -0.465 e. The summed E-state index contributed by atoms with van der Waals surface area (Å²) >= 11 is 0. The first kappa shape index (κ1) is 15.5. The van der Waals surface area contributed by atoms with Crippen LogP contribution in [0.1, 0.15) is 34.6 Å². The molecule has 0 saturated heterocycles. The van der Waals surface area contributed by atoms with Gasteiger partial charge in [0, 0.05) is 0 Å². The molecule has 0 bridgehead atoms. The van der Waals surface area contributed by atoms with Crippen LogP contribution < -0.4 is 4.74 Å². The molecule has 0 heterocycles. The van der Waals surface area contributed by atoms with E-state index in [1.165, 1.54) is 0 Å². The predicted octanol–water partition coefficient (Wildman–Crippen LogP) is 3.46. The van der Waals surface area contributed by atoms with Crippen LogP contribution >= 0.6 is 0 Å². The van der Waals surface area contributed by atoms with Gasteiger partial charge < -0.3 is 9.84 Å². The fraction of sp³-hybridized carbons (Fsp3) is 0.500. The van der Waals surface area contributed by atoms with E-state index in [1.807, 2.05) is 45.9 Å². The van der Waals surface area contributed by atoms with Gasteiger partial charge in [0.15, 0.2) is 6.29 Å². The zero-order valence-corrected chi connectivity index (χ0v) is 9.82. The molecule has 1 unspecified atom stereocenters. The van der Waals surface area contributed by atoms with Gasteiger partial charge in [-0.15, -0.1) is 0 Å². The Bertz CT molecular complexity index is 183. The summed E-state index contributed by atoms with van der Waals surface area (Å²) in [6, 6.07) is 9.21. The van der Waals surface area contributed by atoms with Crippen LogP contribution in [0.25, 0.3) is 0 Å². The number of aliphatic hydroxyl groups is 1. The van der Waals surface area contributed by atoms with Crippen LogP contribution in [0.5, 0.6) is 5.75 Å². The van der Waals surface area contributed by atoms with Gasteiger partial charge in [-0.25, -0.2) is 0 Å². The average Bonchev–Trinajstić information content (AvgIpc) is 2.24. The van der Waals surface area contributed by atoms with Crippen molar-refractivity contribution in [2.24, 2.45) is 0 Å². The molecule has 0 aliphatic carbocycles. The van der Waals surface area contributed by atoms with Crippen LogP contribution in [0.4, 0.5) is 0 Å². The summed E-state index contributed by atoms with van der Waals surface area (Å²) in [6.07, 6.45) is -0.734. The summed E-state index contributed by atoms with van der Waals surface area (Å²) in [5.74, 6) is 0.692. The van der Waals surface area contributed by atoms with E-state index >= 15 is 0 Å². The molecule has 1 N–H and O–H groups in total. The number of hydrogen-bond donors (Lipinski definition) is 1. The normalized spacial score (nSPS) is 9.86. The highest BCUT2D eigenvalue weighted by Gasteiger charge is 1.94. The molecule has 0 aromatic heterocycles. The molecule has 2 nitrogen and oxygen atoms in total. The van der Waals surface area contributed by atoms with Crippen molar-refractivity contribution in [2.75, 3.05) is 0 Å². The number of ether oxygens (including phenoxy) is 1. The lowest BCUT2D eigenvalue weighted by molar-refractivity contribution is -0.000287. The van der Waals surface area contributed by atoms with Crippen LogP contribution in [0.3, 0.4) is 0 Å². The van der Waals surface area contributed by atoms with E-state index in [-0.39, 0.29) is 0 Å². The molecule has 0 saturated carbocycles. The number of benzene rings is 1. The van der Waals surface area contributed by atoms with Gasteiger partial charge in [0.2, 0.25) is 0 Å².